The van der Waals surface area contributed by atoms with Gasteiger partial charge in [0, 0.05) is 12.1 Å². The molecule has 0 saturated carbocycles. The lowest BCUT2D eigenvalue weighted by molar-refractivity contribution is 0.173. The molecule has 0 amide bonds. The van der Waals surface area contributed by atoms with E-state index < -0.39 is 0 Å². The standard InChI is InChI=1S/C19H32N2/c1-4-16-7-6-13-21(14-12-16)19(18(20)5-2)17-10-8-15(3)9-11-17/h8-11,16,18-19H,4-7,12-14,20H2,1-3H3. The number of likely N-dealkylation sites (tertiary alicyclic amines) is 1. The van der Waals surface area contributed by atoms with E-state index in [0.29, 0.717) is 6.04 Å². The van der Waals surface area contributed by atoms with Crippen molar-refractivity contribution in [3.05, 3.63) is 35.4 Å². The van der Waals surface area contributed by atoms with Crippen molar-refractivity contribution >= 4 is 0 Å². The molecule has 1 aromatic rings. The second-order valence-corrected chi connectivity index (χ2v) is 6.67. The van der Waals surface area contributed by atoms with Gasteiger partial charge in [0.15, 0.2) is 0 Å². The zero-order valence-electron chi connectivity index (χ0n) is 14.0. The largest absolute Gasteiger partial charge is 0.326 e. The average molecular weight is 288 g/mol. The first-order chi connectivity index (χ1) is 10.2. The SMILES string of the molecule is CCC1CCCN(C(c2ccc(C)cc2)C(N)CC)CC1. The minimum atomic E-state index is 0.228. The zero-order chi connectivity index (χ0) is 15.2. The summed E-state index contributed by atoms with van der Waals surface area (Å²) in [6.07, 6.45) is 6.39. The summed E-state index contributed by atoms with van der Waals surface area (Å²) in [5.41, 5.74) is 9.21. The zero-order valence-corrected chi connectivity index (χ0v) is 14.0. The molecule has 0 aromatic heterocycles. The van der Waals surface area contributed by atoms with Gasteiger partial charge in [-0.25, -0.2) is 0 Å². The Morgan fingerprint density at radius 3 is 2.48 bits per heavy atom. The van der Waals surface area contributed by atoms with Gasteiger partial charge < -0.3 is 5.73 Å². The molecule has 0 aliphatic carbocycles. The fraction of sp³-hybridized carbons (Fsp3) is 0.684. The predicted molar refractivity (Wildman–Crippen MR) is 91.4 cm³/mol. The van der Waals surface area contributed by atoms with E-state index >= 15 is 0 Å². The van der Waals surface area contributed by atoms with Gasteiger partial charge >= 0.3 is 0 Å². The number of aryl methyl sites for hydroxylation is 1. The van der Waals surface area contributed by atoms with E-state index in [-0.39, 0.29) is 6.04 Å². The molecular formula is C19H32N2. The number of hydrogen-bond donors (Lipinski definition) is 1. The molecule has 1 aliphatic heterocycles. The van der Waals surface area contributed by atoms with Crippen molar-refractivity contribution in [1.82, 2.24) is 4.90 Å². The predicted octanol–water partition coefficient (Wildman–Crippen LogP) is 4.29. The third kappa shape index (κ3) is 4.31. The topological polar surface area (TPSA) is 29.3 Å². The maximum atomic E-state index is 6.49. The first-order valence-electron chi connectivity index (χ1n) is 8.71. The molecule has 2 rings (SSSR count). The fourth-order valence-corrected chi connectivity index (χ4v) is 3.59. The molecular weight excluding hydrogens is 256 g/mol. The van der Waals surface area contributed by atoms with Crippen molar-refractivity contribution in [2.75, 3.05) is 13.1 Å². The monoisotopic (exact) mass is 288 g/mol. The Balaban J connectivity index is 2.17. The quantitative estimate of drug-likeness (QED) is 0.876. The van der Waals surface area contributed by atoms with Crippen molar-refractivity contribution in [1.29, 1.82) is 0 Å². The summed E-state index contributed by atoms with van der Waals surface area (Å²) >= 11 is 0. The van der Waals surface area contributed by atoms with Crippen LogP contribution in [-0.4, -0.2) is 24.0 Å². The third-order valence-corrected chi connectivity index (χ3v) is 5.15. The highest BCUT2D eigenvalue weighted by Gasteiger charge is 2.27. The van der Waals surface area contributed by atoms with Crippen LogP contribution in [0.15, 0.2) is 24.3 Å². The summed E-state index contributed by atoms with van der Waals surface area (Å²) in [6, 6.07) is 9.60. The van der Waals surface area contributed by atoms with Crippen LogP contribution >= 0.6 is 0 Å². The molecule has 2 heteroatoms. The van der Waals surface area contributed by atoms with Crippen LogP contribution in [0.4, 0.5) is 0 Å². The van der Waals surface area contributed by atoms with Gasteiger partial charge in [-0.05, 0) is 57.2 Å². The van der Waals surface area contributed by atoms with E-state index in [1.54, 1.807) is 0 Å². The lowest BCUT2D eigenvalue weighted by Crippen LogP contribution is -2.41. The minimum absolute atomic E-state index is 0.228. The number of nitrogens with zero attached hydrogens (tertiary/aromatic N) is 1. The molecule has 21 heavy (non-hydrogen) atoms. The molecule has 1 fully saturated rings. The van der Waals surface area contributed by atoms with E-state index in [1.165, 1.54) is 49.9 Å². The molecule has 0 bridgehead atoms. The third-order valence-electron chi connectivity index (χ3n) is 5.15. The highest BCUT2D eigenvalue weighted by atomic mass is 15.2. The molecule has 2 N–H and O–H groups in total. The summed E-state index contributed by atoms with van der Waals surface area (Å²) < 4.78 is 0. The van der Waals surface area contributed by atoms with E-state index in [9.17, 15) is 0 Å². The molecule has 1 saturated heterocycles. The highest BCUT2D eigenvalue weighted by molar-refractivity contribution is 5.25. The number of benzene rings is 1. The van der Waals surface area contributed by atoms with Crippen LogP contribution in [0.25, 0.3) is 0 Å². The molecule has 3 unspecified atom stereocenters. The van der Waals surface area contributed by atoms with E-state index in [1.807, 2.05) is 0 Å². The molecule has 1 heterocycles. The Labute approximate surface area is 130 Å². The van der Waals surface area contributed by atoms with Crippen LogP contribution in [0.5, 0.6) is 0 Å². The summed E-state index contributed by atoms with van der Waals surface area (Å²) in [5.74, 6) is 0.909. The Bertz CT molecular complexity index is 412. The minimum Gasteiger partial charge on any atom is -0.326 e. The van der Waals surface area contributed by atoms with Gasteiger partial charge in [0.2, 0.25) is 0 Å². The van der Waals surface area contributed by atoms with Crippen LogP contribution < -0.4 is 5.73 Å². The Morgan fingerprint density at radius 1 is 1.14 bits per heavy atom. The Hall–Kier alpha value is -0.860. The smallest absolute Gasteiger partial charge is 0.0499 e. The Morgan fingerprint density at radius 2 is 1.86 bits per heavy atom. The van der Waals surface area contributed by atoms with Gasteiger partial charge in [-0.3, -0.25) is 4.90 Å². The van der Waals surface area contributed by atoms with Gasteiger partial charge in [-0.1, -0.05) is 50.1 Å². The summed E-state index contributed by atoms with van der Waals surface area (Å²) in [5, 5.41) is 0. The van der Waals surface area contributed by atoms with Gasteiger partial charge in [-0.2, -0.15) is 0 Å². The first-order valence-corrected chi connectivity index (χ1v) is 8.71. The second kappa shape index (κ2) is 7.95. The molecule has 2 nitrogen and oxygen atoms in total. The molecule has 3 atom stereocenters. The van der Waals surface area contributed by atoms with E-state index in [4.69, 9.17) is 5.73 Å². The number of rotatable bonds is 5. The van der Waals surface area contributed by atoms with Crippen molar-refractivity contribution in [2.45, 2.75) is 65.0 Å². The average Bonchev–Trinajstić information content (AvgIpc) is 2.75. The van der Waals surface area contributed by atoms with Gasteiger partial charge in [-0.15, -0.1) is 0 Å². The van der Waals surface area contributed by atoms with Crippen LogP contribution in [0, 0.1) is 12.8 Å². The maximum Gasteiger partial charge on any atom is 0.0499 e. The fourth-order valence-electron chi connectivity index (χ4n) is 3.59. The van der Waals surface area contributed by atoms with Crippen molar-refractivity contribution in [2.24, 2.45) is 11.7 Å². The second-order valence-electron chi connectivity index (χ2n) is 6.67. The normalized spacial score (nSPS) is 23.5. The van der Waals surface area contributed by atoms with Crippen molar-refractivity contribution in [3.8, 4) is 0 Å². The molecule has 1 aliphatic rings. The maximum absolute atomic E-state index is 6.49. The molecule has 0 spiro atoms. The summed E-state index contributed by atoms with van der Waals surface area (Å²) in [7, 11) is 0. The summed E-state index contributed by atoms with van der Waals surface area (Å²) in [4.78, 5) is 2.65. The molecule has 118 valence electrons. The van der Waals surface area contributed by atoms with Crippen LogP contribution in [0.1, 0.15) is 63.1 Å². The van der Waals surface area contributed by atoms with E-state index in [2.05, 4.69) is 49.9 Å². The van der Waals surface area contributed by atoms with Crippen LogP contribution in [-0.2, 0) is 0 Å². The lowest BCUT2D eigenvalue weighted by atomic mass is 9.95. The van der Waals surface area contributed by atoms with Crippen molar-refractivity contribution in [3.63, 3.8) is 0 Å². The highest BCUT2D eigenvalue weighted by Crippen LogP contribution is 2.30. The molecule has 1 aromatic carbocycles. The first kappa shape index (κ1) is 16.5. The van der Waals surface area contributed by atoms with Gasteiger partial charge in [0.25, 0.3) is 0 Å². The van der Waals surface area contributed by atoms with Crippen LogP contribution in [0.2, 0.25) is 0 Å². The summed E-state index contributed by atoms with van der Waals surface area (Å²) in [6.45, 7) is 9.08. The Kier molecular flexibility index (Phi) is 6.25. The van der Waals surface area contributed by atoms with Gasteiger partial charge in [0.05, 0.1) is 0 Å². The lowest BCUT2D eigenvalue weighted by Gasteiger charge is -2.35. The number of nitrogens with two attached hydrogens (primary N) is 1. The van der Waals surface area contributed by atoms with Crippen molar-refractivity contribution < 1.29 is 0 Å². The van der Waals surface area contributed by atoms with Crippen LogP contribution in [0.3, 0.4) is 0 Å². The number of hydrogen-bond acceptors (Lipinski definition) is 2. The molecule has 0 radical (unpaired) electrons. The van der Waals surface area contributed by atoms with E-state index in [0.717, 1.165) is 12.3 Å². The van der Waals surface area contributed by atoms with Gasteiger partial charge in [0.1, 0.15) is 0 Å².